The molecule has 0 N–H and O–H groups in total. The number of nitrogens with zero attached hydrogens (tertiary/aromatic N) is 2. The molecule has 3 rings (SSSR count). The molecule has 0 aromatic rings. The van der Waals surface area contributed by atoms with Gasteiger partial charge in [-0.2, -0.15) is 0 Å². The SMILES string of the molecule is C1=C(P(N2CCCCC2)N2CCCCC2)CCO1. The van der Waals surface area contributed by atoms with E-state index in [1.807, 2.05) is 0 Å². The number of ether oxygens (including phenoxy) is 1. The Morgan fingerprint density at radius 2 is 1.39 bits per heavy atom. The Morgan fingerprint density at radius 1 is 0.833 bits per heavy atom. The van der Waals surface area contributed by atoms with Crippen molar-refractivity contribution in [1.82, 2.24) is 9.34 Å². The van der Waals surface area contributed by atoms with Crippen molar-refractivity contribution in [2.24, 2.45) is 0 Å². The summed E-state index contributed by atoms with van der Waals surface area (Å²) in [7, 11) is -0.195. The van der Waals surface area contributed by atoms with Crippen LogP contribution in [0.1, 0.15) is 44.9 Å². The standard InChI is InChI=1S/C14H25N2OP/c1-3-8-15(9-4-1)18(14-7-12-17-13-14)16-10-5-2-6-11-16/h13H,1-12H2. The van der Waals surface area contributed by atoms with E-state index in [2.05, 4.69) is 15.6 Å². The van der Waals surface area contributed by atoms with Crippen LogP contribution in [-0.4, -0.2) is 42.1 Å². The summed E-state index contributed by atoms with van der Waals surface area (Å²) in [6.07, 6.45) is 11.7. The Balaban J connectivity index is 1.73. The van der Waals surface area contributed by atoms with Crippen LogP contribution in [0, 0.1) is 0 Å². The maximum absolute atomic E-state index is 5.52. The average Bonchev–Trinajstić information content (AvgIpc) is 2.95. The summed E-state index contributed by atoms with van der Waals surface area (Å²) in [6.45, 7) is 6.13. The highest BCUT2D eigenvalue weighted by atomic mass is 31.1. The van der Waals surface area contributed by atoms with Gasteiger partial charge in [-0.25, -0.2) is 0 Å². The Bertz CT molecular complexity index is 278. The number of piperidine rings is 2. The molecule has 0 atom stereocenters. The molecule has 3 nitrogen and oxygen atoms in total. The smallest absolute Gasteiger partial charge is 0.0916 e. The van der Waals surface area contributed by atoms with Gasteiger partial charge in [-0.05, 0) is 25.7 Å². The lowest BCUT2D eigenvalue weighted by atomic mass is 10.2. The maximum atomic E-state index is 5.52. The minimum Gasteiger partial charge on any atom is -0.500 e. The molecular formula is C14H25N2OP. The van der Waals surface area contributed by atoms with Gasteiger partial charge in [0, 0.05) is 37.9 Å². The van der Waals surface area contributed by atoms with Crippen LogP contribution >= 0.6 is 8.22 Å². The summed E-state index contributed by atoms with van der Waals surface area (Å²) in [4.78, 5) is 0. The molecular weight excluding hydrogens is 243 g/mol. The largest absolute Gasteiger partial charge is 0.500 e. The molecule has 102 valence electrons. The third-order valence-electron chi connectivity index (χ3n) is 4.15. The Kier molecular flexibility index (Phi) is 4.56. The Morgan fingerprint density at radius 3 is 1.83 bits per heavy atom. The molecule has 0 amide bonds. The van der Waals surface area contributed by atoms with Crippen LogP contribution in [0.15, 0.2) is 11.6 Å². The lowest BCUT2D eigenvalue weighted by molar-refractivity contribution is 0.281. The lowest BCUT2D eigenvalue weighted by Gasteiger charge is -2.43. The number of hydrogen-bond donors (Lipinski definition) is 0. The van der Waals surface area contributed by atoms with Crippen molar-refractivity contribution < 1.29 is 4.74 Å². The predicted molar refractivity (Wildman–Crippen MR) is 76.4 cm³/mol. The first-order valence-electron chi connectivity index (χ1n) is 7.56. The van der Waals surface area contributed by atoms with Crippen LogP contribution in [0.4, 0.5) is 0 Å². The van der Waals surface area contributed by atoms with Gasteiger partial charge in [-0.3, -0.25) is 9.34 Å². The molecule has 0 bridgehead atoms. The quantitative estimate of drug-likeness (QED) is 0.728. The van der Waals surface area contributed by atoms with Crippen LogP contribution in [0.2, 0.25) is 0 Å². The molecule has 3 aliphatic rings. The van der Waals surface area contributed by atoms with Crippen LogP contribution < -0.4 is 0 Å². The Labute approximate surface area is 112 Å². The summed E-state index contributed by atoms with van der Waals surface area (Å²) in [5.41, 5.74) is 0. The van der Waals surface area contributed by atoms with Crippen molar-refractivity contribution >= 4 is 8.22 Å². The average molecular weight is 268 g/mol. The summed E-state index contributed by atoms with van der Waals surface area (Å²) in [6, 6.07) is 0. The third-order valence-corrected chi connectivity index (χ3v) is 6.87. The van der Waals surface area contributed by atoms with E-state index in [0.717, 1.165) is 6.61 Å². The van der Waals surface area contributed by atoms with Crippen molar-refractivity contribution in [2.45, 2.75) is 44.9 Å². The van der Waals surface area contributed by atoms with Crippen molar-refractivity contribution in [2.75, 3.05) is 32.8 Å². The van der Waals surface area contributed by atoms with Crippen molar-refractivity contribution in [3.63, 3.8) is 0 Å². The maximum Gasteiger partial charge on any atom is 0.0916 e. The summed E-state index contributed by atoms with van der Waals surface area (Å²) in [5.74, 6) is 0. The summed E-state index contributed by atoms with van der Waals surface area (Å²) >= 11 is 0. The van der Waals surface area contributed by atoms with E-state index in [4.69, 9.17) is 4.74 Å². The molecule has 0 aliphatic carbocycles. The van der Waals surface area contributed by atoms with Crippen LogP contribution in [-0.2, 0) is 4.74 Å². The minimum absolute atomic E-state index is 0.195. The molecule has 3 heterocycles. The zero-order valence-electron chi connectivity index (χ0n) is 11.3. The van der Waals surface area contributed by atoms with E-state index in [0.29, 0.717) is 0 Å². The predicted octanol–water partition coefficient (Wildman–Crippen LogP) is 3.53. The molecule has 0 aromatic carbocycles. The molecule has 0 spiro atoms. The highest BCUT2D eigenvalue weighted by Gasteiger charge is 2.32. The molecule has 4 heteroatoms. The minimum atomic E-state index is -0.195. The molecule has 0 unspecified atom stereocenters. The van der Waals surface area contributed by atoms with Gasteiger partial charge in [0.25, 0.3) is 0 Å². The topological polar surface area (TPSA) is 15.7 Å². The normalized spacial score (nSPS) is 27.3. The first-order valence-corrected chi connectivity index (χ1v) is 8.80. The lowest BCUT2D eigenvalue weighted by Crippen LogP contribution is -2.35. The van der Waals surface area contributed by atoms with E-state index < -0.39 is 0 Å². The van der Waals surface area contributed by atoms with Crippen LogP contribution in [0.25, 0.3) is 0 Å². The van der Waals surface area contributed by atoms with Gasteiger partial charge >= 0.3 is 0 Å². The van der Waals surface area contributed by atoms with E-state index in [-0.39, 0.29) is 8.22 Å². The highest BCUT2D eigenvalue weighted by molar-refractivity contribution is 7.57. The van der Waals surface area contributed by atoms with Crippen molar-refractivity contribution in [1.29, 1.82) is 0 Å². The molecule has 2 saturated heterocycles. The van der Waals surface area contributed by atoms with Gasteiger partial charge in [0.15, 0.2) is 0 Å². The van der Waals surface area contributed by atoms with Gasteiger partial charge in [-0.15, -0.1) is 0 Å². The van der Waals surface area contributed by atoms with Crippen molar-refractivity contribution in [3.8, 4) is 0 Å². The van der Waals surface area contributed by atoms with E-state index in [1.165, 1.54) is 71.1 Å². The zero-order chi connectivity index (χ0) is 12.2. The molecule has 0 saturated carbocycles. The molecule has 18 heavy (non-hydrogen) atoms. The van der Waals surface area contributed by atoms with Crippen LogP contribution in [0.3, 0.4) is 0 Å². The zero-order valence-corrected chi connectivity index (χ0v) is 12.2. The van der Waals surface area contributed by atoms with Gasteiger partial charge in [0.05, 0.1) is 21.1 Å². The monoisotopic (exact) mass is 268 g/mol. The second-order valence-corrected chi connectivity index (χ2v) is 7.83. The van der Waals surface area contributed by atoms with Gasteiger partial charge < -0.3 is 4.74 Å². The van der Waals surface area contributed by atoms with E-state index in [9.17, 15) is 0 Å². The second kappa shape index (κ2) is 6.36. The second-order valence-electron chi connectivity index (χ2n) is 5.55. The first-order chi connectivity index (χ1) is 8.95. The molecule has 3 aliphatic heterocycles. The number of hydrogen-bond acceptors (Lipinski definition) is 3. The number of rotatable bonds is 3. The van der Waals surface area contributed by atoms with Crippen LogP contribution in [0.5, 0.6) is 0 Å². The third kappa shape index (κ3) is 2.89. The van der Waals surface area contributed by atoms with Gasteiger partial charge in [-0.1, -0.05) is 12.8 Å². The summed E-state index contributed by atoms with van der Waals surface area (Å²) < 4.78 is 11.1. The Hall–Kier alpha value is -0.110. The fourth-order valence-electron chi connectivity index (χ4n) is 3.20. The molecule has 2 fully saturated rings. The van der Waals surface area contributed by atoms with Gasteiger partial charge in [0.2, 0.25) is 0 Å². The van der Waals surface area contributed by atoms with Crippen molar-refractivity contribution in [3.05, 3.63) is 11.6 Å². The van der Waals surface area contributed by atoms with Gasteiger partial charge in [0.1, 0.15) is 0 Å². The molecule has 0 radical (unpaired) electrons. The summed E-state index contributed by atoms with van der Waals surface area (Å²) in [5, 5.41) is 1.59. The fourth-order valence-corrected chi connectivity index (χ4v) is 6.07. The fraction of sp³-hybridized carbons (Fsp3) is 0.857. The highest BCUT2D eigenvalue weighted by Crippen LogP contribution is 2.55. The van der Waals surface area contributed by atoms with E-state index in [1.54, 1.807) is 5.31 Å². The van der Waals surface area contributed by atoms with E-state index >= 15 is 0 Å². The first kappa shape index (κ1) is 12.9. The molecule has 0 aromatic heterocycles.